The summed E-state index contributed by atoms with van der Waals surface area (Å²) in [7, 11) is 3.49. The van der Waals surface area contributed by atoms with E-state index in [4.69, 9.17) is 4.74 Å². The summed E-state index contributed by atoms with van der Waals surface area (Å²) in [6, 6.07) is 0. The molecule has 1 heterocycles. The number of aliphatic carboxylic acids is 1. The molecule has 1 atom stereocenters. The van der Waals surface area contributed by atoms with Crippen LogP contribution in [0.5, 0.6) is 0 Å². The van der Waals surface area contributed by atoms with E-state index in [0.29, 0.717) is 32.8 Å². The molecule has 1 aliphatic rings. The van der Waals surface area contributed by atoms with E-state index in [2.05, 4.69) is 4.90 Å². The second kappa shape index (κ2) is 10.4. The summed E-state index contributed by atoms with van der Waals surface area (Å²) in [6.07, 6.45) is 3.96. The second-order valence-electron chi connectivity index (χ2n) is 5.93. The van der Waals surface area contributed by atoms with Crippen molar-refractivity contribution in [1.29, 1.82) is 0 Å². The Bertz CT molecular complexity index is 414. The van der Waals surface area contributed by atoms with Crippen LogP contribution in [0.15, 0.2) is 12.2 Å². The molecule has 132 valence electrons. The van der Waals surface area contributed by atoms with Crippen molar-refractivity contribution >= 4 is 11.9 Å². The highest BCUT2D eigenvalue weighted by atomic mass is 16.5. The third-order valence-electron chi connectivity index (χ3n) is 3.99. The first-order valence-corrected chi connectivity index (χ1v) is 7.99. The minimum atomic E-state index is -0.845. The lowest BCUT2D eigenvalue weighted by Crippen LogP contribution is -2.43. The van der Waals surface area contributed by atoms with Gasteiger partial charge in [-0.3, -0.25) is 19.4 Å². The minimum absolute atomic E-state index is 0.0252. The summed E-state index contributed by atoms with van der Waals surface area (Å²) in [5.74, 6) is -1.42. The Morgan fingerprint density at radius 3 is 2.70 bits per heavy atom. The number of hydrogen-bond acceptors (Lipinski definition) is 5. The summed E-state index contributed by atoms with van der Waals surface area (Å²) < 4.78 is 5.00. The molecule has 0 aromatic heterocycles. The Kier molecular flexibility index (Phi) is 8.83. The largest absolute Gasteiger partial charge is 0.481 e. The molecule has 1 rings (SSSR count). The first-order chi connectivity index (χ1) is 11.0. The number of carbonyl (C=O) groups excluding carboxylic acids is 1. The first-order valence-electron chi connectivity index (χ1n) is 7.99. The van der Waals surface area contributed by atoms with Gasteiger partial charge in [0, 0.05) is 46.4 Å². The number of allylic oxidation sites excluding steroid dienone is 1. The summed E-state index contributed by atoms with van der Waals surface area (Å²) >= 11 is 0. The van der Waals surface area contributed by atoms with Crippen LogP contribution >= 0.6 is 0 Å². The van der Waals surface area contributed by atoms with Crippen LogP contribution in [-0.2, 0) is 14.3 Å². The van der Waals surface area contributed by atoms with Gasteiger partial charge in [-0.2, -0.15) is 0 Å². The highest BCUT2D eigenvalue weighted by molar-refractivity contribution is 5.79. The minimum Gasteiger partial charge on any atom is -0.481 e. The average Bonchev–Trinajstić information content (AvgIpc) is 2.73. The molecule has 1 aliphatic heterocycles. The van der Waals surface area contributed by atoms with Crippen molar-refractivity contribution in [2.24, 2.45) is 5.92 Å². The number of methoxy groups -OCH3 is 1. The van der Waals surface area contributed by atoms with E-state index in [0.717, 1.165) is 6.54 Å². The van der Waals surface area contributed by atoms with Gasteiger partial charge in [0.25, 0.3) is 0 Å². The monoisotopic (exact) mass is 327 g/mol. The van der Waals surface area contributed by atoms with Crippen molar-refractivity contribution in [3.8, 4) is 0 Å². The predicted octanol–water partition coefficient (Wildman–Crippen LogP) is -0.0143. The molecule has 0 bridgehead atoms. The lowest BCUT2D eigenvalue weighted by Gasteiger charge is -2.25. The van der Waals surface area contributed by atoms with Crippen molar-refractivity contribution in [1.82, 2.24) is 14.7 Å². The van der Waals surface area contributed by atoms with Gasteiger partial charge < -0.3 is 14.7 Å². The van der Waals surface area contributed by atoms with E-state index in [1.54, 1.807) is 12.0 Å². The van der Waals surface area contributed by atoms with Crippen molar-refractivity contribution in [3.05, 3.63) is 12.2 Å². The van der Waals surface area contributed by atoms with Gasteiger partial charge in [0.2, 0.25) is 5.91 Å². The van der Waals surface area contributed by atoms with Gasteiger partial charge in [-0.25, -0.2) is 0 Å². The Hall–Kier alpha value is -1.44. The third kappa shape index (κ3) is 7.11. The fourth-order valence-corrected chi connectivity index (χ4v) is 2.54. The van der Waals surface area contributed by atoms with Crippen molar-refractivity contribution < 1.29 is 19.4 Å². The normalized spacial score (nSPS) is 20.2. The van der Waals surface area contributed by atoms with Crippen molar-refractivity contribution in [3.63, 3.8) is 0 Å². The molecule has 7 heteroatoms. The summed E-state index contributed by atoms with van der Waals surface area (Å²) in [4.78, 5) is 29.5. The van der Waals surface area contributed by atoms with Gasteiger partial charge in [0.15, 0.2) is 0 Å². The molecule has 1 unspecified atom stereocenters. The number of rotatable bonds is 8. The lowest BCUT2D eigenvalue weighted by atomic mass is 10.1. The van der Waals surface area contributed by atoms with E-state index in [1.165, 1.54) is 0 Å². The number of carboxylic acids is 1. The molecule has 1 amide bonds. The molecule has 0 aromatic rings. The fraction of sp³-hybridized carbons (Fsp3) is 0.750. The second-order valence-corrected chi connectivity index (χ2v) is 5.93. The molecule has 1 fully saturated rings. The number of carbonyl (C=O) groups is 2. The molecule has 1 saturated heterocycles. The SMILES string of the molecule is CC=CCN1CCN(C(=O)CN(C)CCOC)CC(C(=O)O)C1. The molecular weight excluding hydrogens is 298 g/mol. The summed E-state index contributed by atoms with van der Waals surface area (Å²) in [5.41, 5.74) is 0. The van der Waals surface area contributed by atoms with Crippen LogP contribution < -0.4 is 0 Å². The zero-order valence-corrected chi connectivity index (χ0v) is 14.4. The maximum absolute atomic E-state index is 12.4. The van der Waals surface area contributed by atoms with Gasteiger partial charge in [-0.1, -0.05) is 12.2 Å². The van der Waals surface area contributed by atoms with Crippen LogP contribution in [0.2, 0.25) is 0 Å². The number of likely N-dealkylation sites (N-methyl/N-ethyl adjacent to an activating group) is 1. The van der Waals surface area contributed by atoms with Gasteiger partial charge in [-0.15, -0.1) is 0 Å². The standard InChI is InChI=1S/C16H29N3O4/c1-4-5-6-18-7-8-19(12-14(11-18)16(21)22)15(20)13-17(2)9-10-23-3/h4-5,14H,6-13H2,1-3H3,(H,21,22). The zero-order valence-electron chi connectivity index (χ0n) is 14.4. The van der Waals surface area contributed by atoms with Gasteiger partial charge >= 0.3 is 5.97 Å². The Morgan fingerprint density at radius 2 is 2.09 bits per heavy atom. The Morgan fingerprint density at radius 1 is 1.35 bits per heavy atom. The average molecular weight is 327 g/mol. The quantitative estimate of drug-likeness (QED) is 0.632. The fourth-order valence-electron chi connectivity index (χ4n) is 2.54. The molecule has 0 radical (unpaired) electrons. The van der Waals surface area contributed by atoms with Gasteiger partial charge in [-0.05, 0) is 14.0 Å². The maximum Gasteiger partial charge on any atom is 0.309 e. The molecule has 7 nitrogen and oxygen atoms in total. The highest BCUT2D eigenvalue weighted by Crippen LogP contribution is 2.11. The molecule has 1 N–H and O–H groups in total. The molecule has 23 heavy (non-hydrogen) atoms. The molecule has 0 aliphatic carbocycles. The van der Waals surface area contributed by atoms with Crippen LogP contribution in [0.3, 0.4) is 0 Å². The lowest BCUT2D eigenvalue weighted by molar-refractivity contribution is -0.143. The van der Waals surface area contributed by atoms with E-state index in [-0.39, 0.29) is 19.0 Å². The first kappa shape index (κ1) is 19.6. The third-order valence-corrected chi connectivity index (χ3v) is 3.99. The number of amides is 1. The van der Waals surface area contributed by atoms with Gasteiger partial charge in [0.1, 0.15) is 0 Å². The van der Waals surface area contributed by atoms with E-state index in [1.807, 2.05) is 31.0 Å². The molecular formula is C16H29N3O4. The summed E-state index contributed by atoms with van der Waals surface area (Å²) in [5, 5.41) is 9.39. The topological polar surface area (TPSA) is 73.3 Å². The van der Waals surface area contributed by atoms with Crippen LogP contribution in [0, 0.1) is 5.92 Å². The van der Waals surface area contributed by atoms with Crippen molar-refractivity contribution in [2.45, 2.75) is 6.92 Å². The summed E-state index contributed by atoms with van der Waals surface area (Å²) in [6.45, 7) is 6.20. The van der Waals surface area contributed by atoms with Crippen LogP contribution in [-0.4, -0.2) is 98.3 Å². The Labute approximate surface area is 138 Å². The molecule has 0 aromatic carbocycles. The van der Waals surface area contributed by atoms with Crippen LogP contribution in [0.4, 0.5) is 0 Å². The number of carboxylic acid groups (broad SMARTS) is 1. The Balaban J connectivity index is 2.63. The van der Waals surface area contributed by atoms with Crippen molar-refractivity contribution in [2.75, 3.05) is 66.6 Å². The number of nitrogens with zero attached hydrogens (tertiary/aromatic N) is 3. The molecule has 0 saturated carbocycles. The van der Waals surface area contributed by atoms with Crippen LogP contribution in [0.1, 0.15) is 6.92 Å². The van der Waals surface area contributed by atoms with Crippen LogP contribution in [0.25, 0.3) is 0 Å². The van der Waals surface area contributed by atoms with E-state index >= 15 is 0 Å². The number of ether oxygens (including phenoxy) is 1. The maximum atomic E-state index is 12.4. The van der Waals surface area contributed by atoms with E-state index in [9.17, 15) is 14.7 Å². The van der Waals surface area contributed by atoms with Gasteiger partial charge in [0.05, 0.1) is 19.1 Å². The zero-order chi connectivity index (χ0) is 17.2. The predicted molar refractivity (Wildman–Crippen MR) is 88.3 cm³/mol. The van der Waals surface area contributed by atoms with E-state index < -0.39 is 11.9 Å². The highest BCUT2D eigenvalue weighted by Gasteiger charge is 2.29. The molecule has 0 spiro atoms. The smallest absolute Gasteiger partial charge is 0.309 e. The number of hydrogen-bond donors (Lipinski definition) is 1.